The first-order valence-electron chi connectivity index (χ1n) is 4.84. The molecule has 1 aliphatic heterocycles. The van der Waals surface area contributed by atoms with Crippen LogP contribution in [0.2, 0.25) is 0 Å². The van der Waals surface area contributed by atoms with Gasteiger partial charge in [-0.25, -0.2) is 4.39 Å². The third-order valence-corrected chi connectivity index (χ3v) is 4.13. The van der Waals surface area contributed by atoms with Crippen molar-refractivity contribution >= 4 is 27.3 Å². The van der Waals surface area contributed by atoms with Crippen LogP contribution >= 0.6 is 27.3 Å². The molecule has 1 saturated heterocycles. The van der Waals surface area contributed by atoms with E-state index in [0.29, 0.717) is 12.8 Å². The van der Waals surface area contributed by atoms with Gasteiger partial charge >= 0.3 is 0 Å². The molecule has 1 aromatic heterocycles. The molecule has 1 aromatic rings. The Bertz CT molecular complexity index is 294. The molecular weight excluding hydrogens is 265 g/mol. The van der Waals surface area contributed by atoms with E-state index in [9.17, 15) is 4.39 Å². The maximum atomic E-state index is 12.9. The summed E-state index contributed by atoms with van der Waals surface area (Å²) in [5.41, 5.74) is 0. The molecule has 1 aliphatic rings. The molecule has 0 saturated carbocycles. The van der Waals surface area contributed by atoms with Gasteiger partial charge in [0.2, 0.25) is 0 Å². The molecule has 0 atom stereocenters. The average molecular weight is 278 g/mol. The van der Waals surface area contributed by atoms with E-state index in [1.165, 1.54) is 8.66 Å². The highest BCUT2D eigenvalue weighted by atomic mass is 79.9. The Morgan fingerprint density at radius 1 is 1.43 bits per heavy atom. The molecule has 1 nitrogen and oxygen atoms in total. The van der Waals surface area contributed by atoms with Gasteiger partial charge in [0, 0.05) is 24.5 Å². The van der Waals surface area contributed by atoms with Crippen molar-refractivity contribution in [3.05, 3.63) is 20.8 Å². The average Bonchev–Trinajstić information content (AvgIpc) is 2.56. The number of piperidine rings is 1. The van der Waals surface area contributed by atoms with Gasteiger partial charge in [0.25, 0.3) is 0 Å². The third-order valence-electron chi connectivity index (χ3n) is 2.53. The molecule has 0 aliphatic carbocycles. The summed E-state index contributed by atoms with van der Waals surface area (Å²) in [6.07, 6.45) is 0.834. The zero-order valence-corrected chi connectivity index (χ0v) is 10.3. The molecule has 0 amide bonds. The SMILES string of the molecule is FC1CCN(Cc2ccc(Br)s2)CC1. The topological polar surface area (TPSA) is 3.24 Å². The second-order valence-corrected chi connectivity index (χ2v) is 6.20. The summed E-state index contributed by atoms with van der Waals surface area (Å²) < 4.78 is 14.0. The van der Waals surface area contributed by atoms with Crippen molar-refractivity contribution in [2.75, 3.05) is 13.1 Å². The lowest BCUT2D eigenvalue weighted by Gasteiger charge is -2.27. The van der Waals surface area contributed by atoms with Crippen molar-refractivity contribution in [2.24, 2.45) is 0 Å². The second-order valence-electron chi connectivity index (χ2n) is 3.66. The first kappa shape index (κ1) is 10.6. The van der Waals surface area contributed by atoms with E-state index < -0.39 is 6.17 Å². The van der Waals surface area contributed by atoms with E-state index in [4.69, 9.17) is 0 Å². The summed E-state index contributed by atoms with van der Waals surface area (Å²) in [7, 11) is 0. The van der Waals surface area contributed by atoms with Gasteiger partial charge in [-0.05, 0) is 40.9 Å². The number of likely N-dealkylation sites (tertiary alicyclic amines) is 1. The Morgan fingerprint density at radius 3 is 2.71 bits per heavy atom. The zero-order chi connectivity index (χ0) is 9.97. The number of hydrogen-bond acceptors (Lipinski definition) is 2. The summed E-state index contributed by atoms with van der Waals surface area (Å²) >= 11 is 5.21. The fourth-order valence-electron chi connectivity index (χ4n) is 1.72. The van der Waals surface area contributed by atoms with Crippen LogP contribution in [0.4, 0.5) is 4.39 Å². The molecule has 14 heavy (non-hydrogen) atoms. The quantitative estimate of drug-likeness (QED) is 0.801. The first-order valence-corrected chi connectivity index (χ1v) is 6.45. The van der Waals surface area contributed by atoms with Gasteiger partial charge in [0.05, 0.1) is 3.79 Å². The van der Waals surface area contributed by atoms with Crippen LogP contribution in [0.15, 0.2) is 15.9 Å². The van der Waals surface area contributed by atoms with Crippen LogP contribution in [0, 0.1) is 0 Å². The third kappa shape index (κ3) is 2.78. The molecule has 0 unspecified atom stereocenters. The lowest BCUT2D eigenvalue weighted by Crippen LogP contribution is -2.33. The summed E-state index contributed by atoms with van der Waals surface area (Å²) in [4.78, 5) is 3.68. The number of rotatable bonds is 2. The lowest BCUT2D eigenvalue weighted by atomic mass is 10.1. The predicted molar refractivity (Wildman–Crippen MR) is 61.4 cm³/mol. The normalized spacial score (nSPS) is 20.1. The minimum absolute atomic E-state index is 0.568. The fraction of sp³-hybridized carbons (Fsp3) is 0.600. The largest absolute Gasteiger partial charge is 0.298 e. The monoisotopic (exact) mass is 277 g/mol. The van der Waals surface area contributed by atoms with Crippen LogP contribution < -0.4 is 0 Å². The van der Waals surface area contributed by atoms with Crippen LogP contribution in [-0.2, 0) is 6.54 Å². The first-order chi connectivity index (χ1) is 6.74. The van der Waals surface area contributed by atoms with Crippen molar-refractivity contribution in [1.29, 1.82) is 0 Å². The molecule has 0 N–H and O–H groups in total. The van der Waals surface area contributed by atoms with E-state index >= 15 is 0 Å². The van der Waals surface area contributed by atoms with Crippen molar-refractivity contribution in [2.45, 2.75) is 25.6 Å². The summed E-state index contributed by atoms with van der Waals surface area (Å²) in [5, 5.41) is 0. The van der Waals surface area contributed by atoms with Crippen LogP contribution in [0.25, 0.3) is 0 Å². The van der Waals surface area contributed by atoms with Gasteiger partial charge in [-0.2, -0.15) is 0 Å². The van der Waals surface area contributed by atoms with Crippen molar-refractivity contribution in [3.63, 3.8) is 0 Å². The van der Waals surface area contributed by atoms with Crippen LogP contribution in [-0.4, -0.2) is 24.2 Å². The zero-order valence-electron chi connectivity index (χ0n) is 7.88. The minimum atomic E-state index is -0.568. The fourth-order valence-corrected chi connectivity index (χ4v) is 3.24. The molecule has 0 spiro atoms. The molecule has 0 bridgehead atoms. The minimum Gasteiger partial charge on any atom is -0.298 e. The van der Waals surface area contributed by atoms with Crippen LogP contribution in [0.3, 0.4) is 0 Å². The number of thiophene rings is 1. The maximum Gasteiger partial charge on any atom is 0.103 e. The van der Waals surface area contributed by atoms with Crippen LogP contribution in [0.5, 0.6) is 0 Å². The molecular formula is C10H13BrFNS. The molecule has 2 heterocycles. The molecule has 78 valence electrons. The number of halogens is 2. The number of hydrogen-bond donors (Lipinski definition) is 0. The summed E-state index contributed by atoms with van der Waals surface area (Å²) in [5.74, 6) is 0. The Kier molecular flexibility index (Phi) is 3.57. The number of nitrogens with zero attached hydrogens (tertiary/aromatic N) is 1. The molecule has 4 heteroatoms. The van der Waals surface area contributed by atoms with Gasteiger partial charge in [-0.15, -0.1) is 11.3 Å². The van der Waals surface area contributed by atoms with Crippen molar-refractivity contribution < 1.29 is 4.39 Å². The second kappa shape index (κ2) is 4.73. The summed E-state index contributed by atoms with van der Waals surface area (Å²) in [6, 6.07) is 4.21. The Balaban J connectivity index is 1.86. The standard InChI is InChI=1S/C10H13BrFNS/c11-10-2-1-9(14-10)7-13-5-3-8(12)4-6-13/h1-2,8H,3-7H2. The highest BCUT2D eigenvalue weighted by Gasteiger charge is 2.18. The van der Waals surface area contributed by atoms with Gasteiger partial charge in [0.15, 0.2) is 0 Å². The van der Waals surface area contributed by atoms with Gasteiger partial charge in [-0.1, -0.05) is 0 Å². The molecule has 0 aromatic carbocycles. The molecule has 1 fully saturated rings. The van der Waals surface area contributed by atoms with E-state index in [0.717, 1.165) is 19.6 Å². The molecule has 0 radical (unpaired) electrons. The summed E-state index contributed by atoms with van der Waals surface area (Å²) in [6.45, 7) is 2.77. The predicted octanol–water partition coefficient (Wildman–Crippen LogP) is 3.44. The van der Waals surface area contributed by atoms with Crippen LogP contribution in [0.1, 0.15) is 17.7 Å². The van der Waals surface area contributed by atoms with Gasteiger partial charge in [0.1, 0.15) is 6.17 Å². The highest BCUT2D eigenvalue weighted by Crippen LogP contribution is 2.24. The lowest BCUT2D eigenvalue weighted by molar-refractivity contribution is 0.146. The Hall–Kier alpha value is 0.0700. The Morgan fingerprint density at radius 2 is 2.14 bits per heavy atom. The smallest absolute Gasteiger partial charge is 0.103 e. The van der Waals surface area contributed by atoms with E-state index in [1.807, 2.05) is 0 Å². The van der Waals surface area contributed by atoms with Crippen molar-refractivity contribution in [1.82, 2.24) is 4.90 Å². The van der Waals surface area contributed by atoms with E-state index in [2.05, 4.69) is 33.0 Å². The molecule has 2 rings (SSSR count). The van der Waals surface area contributed by atoms with Gasteiger partial charge in [-0.3, -0.25) is 4.90 Å². The van der Waals surface area contributed by atoms with E-state index in [-0.39, 0.29) is 0 Å². The van der Waals surface area contributed by atoms with E-state index in [1.54, 1.807) is 11.3 Å². The Labute approximate surface area is 96.0 Å². The number of alkyl halides is 1. The maximum absolute atomic E-state index is 12.9. The van der Waals surface area contributed by atoms with Crippen molar-refractivity contribution in [3.8, 4) is 0 Å². The van der Waals surface area contributed by atoms with Gasteiger partial charge < -0.3 is 0 Å². The highest BCUT2D eigenvalue weighted by molar-refractivity contribution is 9.11.